The van der Waals surface area contributed by atoms with E-state index in [1.807, 2.05) is 26.0 Å². The Kier molecular flexibility index (Phi) is 2.93. The second kappa shape index (κ2) is 4.09. The van der Waals surface area contributed by atoms with E-state index in [0.717, 1.165) is 32.7 Å². The molecule has 0 bridgehead atoms. The van der Waals surface area contributed by atoms with Crippen molar-refractivity contribution in [3.05, 3.63) is 34.0 Å². The van der Waals surface area contributed by atoms with Crippen LogP contribution < -0.4 is 5.73 Å². The minimum absolute atomic E-state index is 0.218. The van der Waals surface area contributed by atoms with Crippen molar-refractivity contribution in [2.45, 2.75) is 20.0 Å². The number of aromatic nitrogens is 1. The first-order valence-corrected chi connectivity index (χ1v) is 5.59. The number of halogens is 1. The second-order valence-corrected chi connectivity index (χ2v) is 4.47. The molecule has 0 aliphatic heterocycles. The largest absolute Gasteiger partial charge is 0.387 e. The average molecular weight is 239 g/mol. The Balaban J connectivity index is 2.73. The Hall–Kier alpha value is -1.03. The minimum Gasteiger partial charge on any atom is -0.387 e. The van der Waals surface area contributed by atoms with Crippen molar-refractivity contribution in [3.8, 4) is 0 Å². The lowest BCUT2D eigenvalue weighted by atomic mass is 10.0. The lowest BCUT2D eigenvalue weighted by molar-refractivity contribution is 0.187. The van der Waals surface area contributed by atoms with Gasteiger partial charge in [-0.15, -0.1) is 0 Å². The van der Waals surface area contributed by atoms with Gasteiger partial charge in [-0.05, 0) is 31.5 Å². The molecule has 2 aromatic rings. The van der Waals surface area contributed by atoms with Gasteiger partial charge in [0.25, 0.3) is 0 Å². The van der Waals surface area contributed by atoms with Crippen LogP contribution in [0.5, 0.6) is 0 Å². The molecule has 1 aromatic carbocycles. The summed E-state index contributed by atoms with van der Waals surface area (Å²) in [6.45, 7) is 4.09. The van der Waals surface area contributed by atoms with E-state index in [1.165, 1.54) is 0 Å². The van der Waals surface area contributed by atoms with Gasteiger partial charge in [0.1, 0.15) is 0 Å². The number of fused-ring (bicyclic) bond motifs is 1. The van der Waals surface area contributed by atoms with E-state index in [-0.39, 0.29) is 6.54 Å². The number of benzene rings is 1. The lowest BCUT2D eigenvalue weighted by Gasteiger charge is -2.08. The third-order valence-corrected chi connectivity index (χ3v) is 3.28. The molecule has 0 saturated heterocycles. The van der Waals surface area contributed by atoms with E-state index < -0.39 is 6.10 Å². The van der Waals surface area contributed by atoms with Crippen molar-refractivity contribution >= 4 is 22.5 Å². The Bertz CT molecular complexity index is 533. The van der Waals surface area contributed by atoms with Gasteiger partial charge >= 0.3 is 0 Å². The fourth-order valence-corrected chi connectivity index (χ4v) is 2.19. The quantitative estimate of drug-likeness (QED) is 0.753. The normalized spacial score (nSPS) is 13.3. The first-order chi connectivity index (χ1) is 7.54. The number of aromatic amines is 1. The fourth-order valence-electron chi connectivity index (χ4n) is 2.03. The first kappa shape index (κ1) is 11.5. The molecule has 1 aromatic heterocycles. The molecule has 0 spiro atoms. The zero-order valence-electron chi connectivity index (χ0n) is 9.34. The molecular formula is C12H15ClN2O. The maximum absolute atomic E-state index is 9.88. The van der Waals surface area contributed by atoms with Crippen LogP contribution in [-0.4, -0.2) is 16.6 Å². The number of nitrogens with two attached hydrogens (primary N) is 1. The molecule has 1 unspecified atom stereocenters. The Labute approximate surface area is 99.2 Å². The van der Waals surface area contributed by atoms with Gasteiger partial charge in [-0.2, -0.15) is 0 Å². The number of rotatable bonds is 2. The molecule has 1 atom stereocenters. The van der Waals surface area contributed by atoms with Gasteiger partial charge in [-0.3, -0.25) is 0 Å². The number of aliphatic hydroxyl groups excluding tert-OH is 1. The molecule has 4 heteroatoms. The van der Waals surface area contributed by atoms with Crippen LogP contribution in [0.4, 0.5) is 0 Å². The van der Waals surface area contributed by atoms with Crippen molar-refractivity contribution in [1.82, 2.24) is 4.98 Å². The predicted molar refractivity (Wildman–Crippen MR) is 66.8 cm³/mol. The highest BCUT2D eigenvalue weighted by Crippen LogP contribution is 2.31. The maximum atomic E-state index is 9.88. The zero-order chi connectivity index (χ0) is 11.9. The van der Waals surface area contributed by atoms with Crippen LogP contribution in [0.1, 0.15) is 22.9 Å². The SMILES string of the molecule is Cc1cc2c(C(O)CN)c(C)[nH]c2cc1Cl. The monoisotopic (exact) mass is 238 g/mol. The lowest BCUT2D eigenvalue weighted by Crippen LogP contribution is -2.12. The van der Waals surface area contributed by atoms with Gasteiger partial charge in [0, 0.05) is 33.7 Å². The van der Waals surface area contributed by atoms with E-state index in [4.69, 9.17) is 17.3 Å². The van der Waals surface area contributed by atoms with Crippen LogP contribution >= 0.6 is 11.6 Å². The summed E-state index contributed by atoms with van der Waals surface area (Å²) in [5.41, 5.74) is 9.25. The van der Waals surface area contributed by atoms with Crippen LogP contribution in [0, 0.1) is 13.8 Å². The summed E-state index contributed by atoms with van der Waals surface area (Å²) in [4.78, 5) is 3.21. The van der Waals surface area contributed by atoms with Crippen LogP contribution in [0.25, 0.3) is 10.9 Å². The molecule has 0 aliphatic rings. The summed E-state index contributed by atoms with van der Waals surface area (Å²) in [6, 6.07) is 3.86. The van der Waals surface area contributed by atoms with E-state index >= 15 is 0 Å². The van der Waals surface area contributed by atoms with Crippen LogP contribution in [0.15, 0.2) is 12.1 Å². The minimum atomic E-state index is -0.630. The molecule has 0 saturated carbocycles. The van der Waals surface area contributed by atoms with Crippen LogP contribution in [-0.2, 0) is 0 Å². The van der Waals surface area contributed by atoms with Crippen molar-refractivity contribution in [2.75, 3.05) is 6.54 Å². The molecule has 0 aliphatic carbocycles. The van der Waals surface area contributed by atoms with Gasteiger partial charge in [0.15, 0.2) is 0 Å². The first-order valence-electron chi connectivity index (χ1n) is 5.21. The molecule has 0 radical (unpaired) electrons. The second-order valence-electron chi connectivity index (χ2n) is 4.06. The third-order valence-electron chi connectivity index (χ3n) is 2.87. The molecule has 4 N–H and O–H groups in total. The summed E-state index contributed by atoms with van der Waals surface area (Å²) in [5, 5.41) is 11.6. The van der Waals surface area contributed by atoms with Gasteiger partial charge in [-0.25, -0.2) is 0 Å². The molecule has 0 amide bonds. The van der Waals surface area contributed by atoms with Crippen LogP contribution in [0.2, 0.25) is 5.02 Å². The number of hydrogen-bond donors (Lipinski definition) is 3. The number of aryl methyl sites for hydroxylation is 2. The summed E-state index contributed by atoms with van der Waals surface area (Å²) >= 11 is 6.06. The van der Waals surface area contributed by atoms with Crippen molar-refractivity contribution < 1.29 is 5.11 Å². The number of H-pyrrole nitrogens is 1. The van der Waals surface area contributed by atoms with Gasteiger partial charge in [0.2, 0.25) is 0 Å². The van der Waals surface area contributed by atoms with E-state index in [2.05, 4.69) is 4.98 Å². The highest BCUT2D eigenvalue weighted by atomic mass is 35.5. The smallest absolute Gasteiger partial charge is 0.0935 e. The maximum Gasteiger partial charge on any atom is 0.0935 e. The van der Waals surface area contributed by atoms with Crippen LogP contribution in [0.3, 0.4) is 0 Å². The Morgan fingerprint density at radius 1 is 1.44 bits per heavy atom. The molecule has 86 valence electrons. The molecule has 0 fully saturated rings. The summed E-state index contributed by atoms with van der Waals surface area (Å²) in [6.07, 6.45) is -0.630. The van der Waals surface area contributed by atoms with E-state index in [1.54, 1.807) is 0 Å². The van der Waals surface area contributed by atoms with Gasteiger partial charge < -0.3 is 15.8 Å². The summed E-state index contributed by atoms with van der Waals surface area (Å²) in [5.74, 6) is 0. The topological polar surface area (TPSA) is 62.0 Å². The molecule has 2 rings (SSSR count). The zero-order valence-corrected chi connectivity index (χ0v) is 10.1. The number of hydrogen-bond acceptors (Lipinski definition) is 2. The highest BCUT2D eigenvalue weighted by molar-refractivity contribution is 6.32. The molecule has 16 heavy (non-hydrogen) atoms. The Morgan fingerprint density at radius 3 is 2.75 bits per heavy atom. The standard InChI is InChI=1S/C12H15ClN2O/c1-6-3-8-10(4-9(6)13)15-7(2)12(8)11(16)5-14/h3-4,11,15-16H,5,14H2,1-2H3. The van der Waals surface area contributed by atoms with Crippen molar-refractivity contribution in [1.29, 1.82) is 0 Å². The van der Waals surface area contributed by atoms with Crippen molar-refractivity contribution in [2.24, 2.45) is 5.73 Å². The number of aliphatic hydroxyl groups is 1. The highest BCUT2D eigenvalue weighted by Gasteiger charge is 2.16. The predicted octanol–water partition coefficient (Wildman–Crippen LogP) is 2.43. The molecule has 1 heterocycles. The van der Waals surface area contributed by atoms with Crippen molar-refractivity contribution in [3.63, 3.8) is 0 Å². The number of nitrogens with one attached hydrogen (secondary N) is 1. The summed E-state index contributed by atoms with van der Waals surface area (Å²) < 4.78 is 0. The van der Waals surface area contributed by atoms with Gasteiger partial charge in [0.05, 0.1) is 6.10 Å². The molecule has 3 nitrogen and oxygen atoms in total. The Morgan fingerprint density at radius 2 is 2.12 bits per heavy atom. The van der Waals surface area contributed by atoms with E-state index in [9.17, 15) is 5.11 Å². The van der Waals surface area contributed by atoms with Gasteiger partial charge in [-0.1, -0.05) is 11.6 Å². The third kappa shape index (κ3) is 1.71. The van der Waals surface area contributed by atoms with E-state index in [0.29, 0.717) is 0 Å². The average Bonchev–Trinajstić information content (AvgIpc) is 2.54. The summed E-state index contributed by atoms with van der Waals surface area (Å²) in [7, 11) is 0. The molecular weight excluding hydrogens is 224 g/mol. The fraction of sp³-hybridized carbons (Fsp3) is 0.333.